The van der Waals surface area contributed by atoms with Gasteiger partial charge in [-0.05, 0) is 31.6 Å². The van der Waals surface area contributed by atoms with Gasteiger partial charge in [0, 0.05) is 26.1 Å². The van der Waals surface area contributed by atoms with E-state index in [4.69, 9.17) is 4.74 Å². The number of amides is 1. The second kappa shape index (κ2) is 5.17. The van der Waals surface area contributed by atoms with Gasteiger partial charge in [-0.15, -0.1) is 0 Å². The minimum absolute atomic E-state index is 0.253. The highest BCUT2D eigenvalue weighted by Gasteiger charge is 2.37. The zero-order valence-electron chi connectivity index (χ0n) is 10.4. The molecule has 0 aromatic carbocycles. The summed E-state index contributed by atoms with van der Waals surface area (Å²) in [5.41, 5.74) is 0. The summed E-state index contributed by atoms with van der Waals surface area (Å²) in [6, 6.07) is 0. The van der Waals surface area contributed by atoms with E-state index in [1.54, 1.807) is 7.11 Å². The summed E-state index contributed by atoms with van der Waals surface area (Å²) in [7, 11) is 1.73. The Hall–Kier alpha value is -0.570. The lowest BCUT2D eigenvalue weighted by Gasteiger charge is -2.39. The van der Waals surface area contributed by atoms with Gasteiger partial charge in [-0.25, -0.2) is 0 Å². The number of likely N-dealkylation sites (tertiary alicyclic amines) is 1. The average Bonchev–Trinajstić information content (AvgIpc) is 2.27. The molecule has 1 heterocycles. The first-order chi connectivity index (χ1) is 7.74. The number of rotatable bonds is 3. The molecule has 2 fully saturated rings. The molecule has 92 valence electrons. The highest BCUT2D eigenvalue weighted by molar-refractivity contribution is 5.80. The standard InChI is InChI=1S/C13H23NO2/c1-3-10-4-6-14(7-5-10)13(15)11-8-12(9-11)16-2/h10-12H,3-9H2,1-2H3. The monoisotopic (exact) mass is 225 g/mol. The topological polar surface area (TPSA) is 29.5 Å². The summed E-state index contributed by atoms with van der Waals surface area (Å²) in [6.45, 7) is 4.20. The second-order valence-corrected chi connectivity index (χ2v) is 5.20. The van der Waals surface area contributed by atoms with Gasteiger partial charge < -0.3 is 9.64 Å². The van der Waals surface area contributed by atoms with E-state index >= 15 is 0 Å². The lowest BCUT2D eigenvalue weighted by Crippen LogP contribution is -2.47. The fourth-order valence-corrected chi connectivity index (χ4v) is 2.78. The SMILES string of the molecule is CCC1CCN(C(=O)C2CC(OC)C2)CC1. The maximum absolute atomic E-state index is 12.1. The molecule has 0 spiro atoms. The Balaban J connectivity index is 1.75. The number of nitrogens with zero attached hydrogens (tertiary/aromatic N) is 1. The van der Waals surface area contributed by atoms with E-state index < -0.39 is 0 Å². The van der Waals surface area contributed by atoms with Gasteiger partial charge in [0.2, 0.25) is 5.91 Å². The Morgan fingerprint density at radius 2 is 1.94 bits per heavy atom. The normalized spacial score (nSPS) is 31.2. The van der Waals surface area contributed by atoms with Crippen molar-refractivity contribution in [2.24, 2.45) is 11.8 Å². The van der Waals surface area contributed by atoms with Crippen LogP contribution in [0.5, 0.6) is 0 Å². The first kappa shape index (κ1) is 11.9. The number of methoxy groups -OCH3 is 1. The van der Waals surface area contributed by atoms with Gasteiger partial charge in [-0.2, -0.15) is 0 Å². The van der Waals surface area contributed by atoms with Crippen LogP contribution >= 0.6 is 0 Å². The summed E-state index contributed by atoms with van der Waals surface area (Å²) in [4.78, 5) is 14.2. The molecule has 1 aliphatic carbocycles. The molecule has 0 atom stereocenters. The molecular weight excluding hydrogens is 202 g/mol. The van der Waals surface area contributed by atoms with E-state index in [-0.39, 0.29) is 5.92 Å². The minimum Gasteiger partial charge on any atom is -0.381 e. The van der Waals surface area contributed by atoms with Gasteiger partial charge in [0.15, 0.2) is 0 Å². The molecule has 0 radical (unpaired) electrons. The Kier molecular flexibility index (Phi) is 3.85. The molecule has 0 N–H and O–H groups in total. The van der Waals surface area contributed by atoms with Crippen molar-refractivity contribution in [3.8, 4) is 0 Å². The molecule has 0 bridgehead atoms. The van der Waals surface area contributed by atoms with Crippen LogP contribution in [-0.2, 0) is 9.53 Å². The fourth-order valence-electron chi connectivity index (χ4n) is 2.78. The molecule has 3 heteroatoms. The highest BCUT2D eigenvalue weighted by Crippen LogP contribution is 2.32. The van der Waals surface area contributed by atoms with Crippen LogP contribution in [0, 0.1) is 11.8 Å². The Morgan fingerprint density at radius 1 is 1.31 bits per heavy atom. The molecule has 1 saturated heterocycles. The summed E-state index contributed by atoms with van der Waals surface area (Å²) in [5.74, 6) is 1.48. The lowest BCUT2D eigenvalue weighted by molar-refractivity contribution is -0.144. The number of piperidine rings is 1. The lowest BCUT2D eigenvalue weighted by atomic mass is 9.80. The van der Waals surface area contributed by atoms with Crippen molar-refractivity contribution in [1.82, 2.24) is 4.90 Å². The van der Waals surface area contributed by atoms with Gasteiger partial charge in [0.05, 0.1) is 6.10 Å². The molecule has 16 heavy (non-hydrogen) atoms. The smallest absolute Gasteiger partial charge is 0.225 e. The third kappa shape index (κ3) is 2.40. The Bertz CT molecular complexity index is 240. The van der Waals surface area contributed by atoms with Crippen LogP contribution in [0.4, 0.5) is 0 Å². The molecule has 1 amide bonds. The molecule has 0 aromatic rings. The minimum atomic E-state index is 0.253. The van der Waals surface area contributed by atoms with Crippen LogP contribution in [0.25, 0.3) is 0 Å². The first-order valence-electron chi connectivity index (χ1n) is 6.56. The van der Waals surface area contributed by atoms with Crippen molar-refractivity contribution in [1.29, 1.82) is 0 Å². The Morgan fingerprint density at radius 3 is 2.44 bits per heavy atom. The van der Waals surface area contributed by atoms with Crippen molar-refractivity contribution in [2.45, 2.75) is 45.1 Å². The second-order valence-electron chi connectivity index (χ2n) is 5.20. The molecular formula is C13H23NO2. The molecule has 0 aromatic heterocycles. The number of carbonyl (C=O) groups is 1. The predicted octanol–water partition coefficient (Wildman–Crippen LogP) is 2.06. The van der Waals surface area contributed by atoms with Crippen molar-refractivity contribution in [3.05, 3.63) is 0 Å². The van der Waals surface area contributed by atoms with Gasteiger partial charge >= 0.3 is 0 Å². The van der Waals surface area contributed by atoms with E-state index in [1.165, 1.54) is 19.3 Å². The molecule has 0 unspecified atom stereocenters. The largest absolute Gasteiger partial charge is 0.381 e. The zero-order valence-corrected chi connectivity index (χ0v) is 10.4. The van der Waals surface area contributed by atoms with Gasteiger partial charge in [0.25, 0.3) is 0 Å². The van der Waals surface area contributed by atoms with Crippen LogP contribution in [0.1, 0.15) is 39.0 Å². The van der Waals surface area contributed by atoms with E-state index in [9.17, 15) is 4.79 Å². The van der Waals surface area contributed by atoms with Crippen molar-refractivity contribution in [3.63, 3.8) is 0 Å². The number of ether oxygens (including phenoxy) is 1. The van der Waals surface area contributed by atoms with Crippen LogP contribution in [0.15, 0.2) is 0 Å². The number of carbonyl (C=O) groups excluding carboxylic acids is 1. The molecule has 1 saturated carbocycles. The van der Waals surface area contributed by atoms with Crippen LogP contribution < -0.4 is 0 Å². The van der Waals surface area contributed by atoms with E-state index in [0.717, 1.165) is 31.8 Å². The van der Waals surface area contributed by atoms with Crippen molar-refractivity contribution >= 4 is 5.91 Å². The maximum Gasteiger partial charge on any atom is 0.225 e. The van der Waals surface area contributed by atoms with Crippen LogP contribution in [0.3, 0.4) is 0 Å². The summed E-state index contributed by atoms with van der Waals surface area (Å²) in [5, 5.41) is 0. The molecule has 3 nitrogen and oxygen atoms in total. The van der Waals surface area contributed by atoms with Crippen molar-refractivity contribution < 1.29 is 9.53 Å². The maximum atomic E-state index is 12.1. The molecule has 2 rings (SSSR count). The van der Waals surface area contributed by atoms with Crippen LogP contribution in [0.2, 0.25) is 0 Å². The van der Waals surface area contributed by atoms with Crippen LogP contribution in [-0.4, -0.2) is 37.1 Å². The third-order valence-corrected chi connectivity index (χ3v) is 4.28. The molecule has 2 aliphatic rings. The number of hydrogen-bond acceptors (Lipinski definition) is 2. The molecule has 1 aliphatic heterocycles. The van der Waals surface area contributed by atoms with E-state index in [2.05, 4.69) is 11.8 Å². The quantitative estimate of drug-likeness (QED) is 0.736. The number of hydrogen-bond donors (Lipinski definition) is 0. The Labute approximate surface area is 98.1 Å². The zero-order chi connectivity index (χ0) is 11.5. The highest BCUT2D eigenvalue weighted by atomic mass is 16.5. The average molecular weight is 225 g/mol. The summed E-state index contributed by atoms with van der Waals surface area (Å²) in [6.07, 6.45) is 5.86. The third-order valence-electron chi connectivity index (χ3n) is 4.28. The first-order valence-corrected chi connectivity index (χ1v) is 6.56. The van der Waals surface area contributed by atoms with Crippen molar-refractivity contribution in [2.75, 3.05) is 20.2 Å². The summed E-state index contributed by atoms with van der Waals surface area (Å²) < 4.78 is 5.22. The van der Waals surface area contributed by atoms with Gasteiger partial charge in [-0.1, -0.05) is 13.3 Å². The van der Waals surface area contributed by atoms with E-state index in [1.807, 2.05) is 0 Å². The predicted molar refractivity (Wildman–Crippen MR) is 63.1 cm³/mol. The fraction of sp³-hybridized carbons (Fsp3) is 0.923. The summed E-state index contributed by atoms with van der Waals surface area (Å²) >= 11 is 0. The van der Waals surface area contributed by atoms with E-state index in [0.29, 0.717) is 12.0 Å². The van der Waals surface area contributed by atoms with Gasteiger partial charge in [0.1, 0.15) is 0 Å². The van der Waals surface area contributed by atoms with Gasteiger partial charge in [-0.3, -0.25) is 4.79 Å².